The molecule has 1 unspecified atom stereocenters. The lowest BCUT2D eigenvalue weighted by Crippen LogP contribution is -2.08. The number of hydrogen-bond acceptors (Lipinski definition) is 5. The summed E-state index contributed by atoms with van der Waals surface area (Å²) >= 11 is 4.07. The Morgan fingerprint density at radius 1 is 1.41 bits per heavy atom. The molecule has 0 aliphatic carbocycles. The minimum atomic E-state index is -0.510. The van der Waals surface area contributed by atoms with Crippen LogP contribution in [0.2, 0.25) is 0 Å². The van der Waals surface area contributed by atoms with Gasteiger partial charge in [-0.3, -0.25) is 14.9 Å². The van der Waals surface area contributed by atoms with E-state index in [9.17, 15) is 14.9 Å². The number of benzene rings is 1. The number of carbonyl (C=O) groups is 1. The van der Waals surface area contributed by atoms with Gasteiger partial charge in [0.1, 0.15) is 0 Å². The zero-order valence-corrected chi connectivity index (χ0v) is 9.97. The summed E-state index contributed by atoms with van der Waals surface area (Å²) in [6, 6.07) is 5.48. The molecule has 1 rings (SSSR count). The number of nitrogens with zero attached hydrogens (tertiary/aromatic N) is 1. The Kier molecular flexibility index (Phi) is 5.11. The van der Waals surface area contributed by atoms with Gasteiger partial charge < -0.3 is 5.11 Å². The van der Waals surface area contributed by atoms with Crippen molar-refractivity contribution in [2.45, 2.75) is 18.1 Å². The summed E-state index contributed by atoms with van der Waals surface area (Å²) < 4.78 is 0. The van der Waals surface area contributed by atoms with E-state index in [2.05, 4.69) is 12.6 Å². The fourth-order valence-corrected chi connectivity index (χ4v) is 1.43. The monoisotopic (exact) mass is 255 g/mol. The van der Waals surface area contributed by atoms with Crippen molar-refractivity contribution in [3.63, 3.8) is 0 Å². The molecule has 1 aromatic rings. The van der Waals surface area contributed by atoms with Gasteiger partial charge in [-0.15, -0.1) is 0 Å². The van der Waals surface area contributed by atoms with Crippen LogP contribution >= 0.6 is 12.6 Å². The molecular weight excluding hydrogens is 242 g/mol. The minimum Gasteiger partial charge on any atom is -0.395 e. The van der Waals surface area contributed by atoms with Crippen LogP contribution in [0.5, 0.6) is 0 Å². The minimum absolute atomic E-state index is 0.0380. The predicted molar refractivity (Wildman–Crippen MR) is 66.5 cm³/mol. The van der Waals surface area contributed by atoms with Gasteiger partial charge in [0.2, 0.25) is 0 Å². The molecule has 0 amide bonds. The molecule has 17 heavy (non-hydrogen) atoms. The van der Waals surface area contributed by atoms with E-state index in [1.807, 2.05) is 0 Å². The van der Waals surface area contributed by atoms with Crippen molar-refractivity contribution in [1.29, 1.82) is 0 Å². The average molecular weight is 255 g/mol. The number of ketones is 1. The van der Waals surface area contributed by atoms with E-state index in [1.54, 1.807) is 0 Å². The smallest absolute Gasteiger partial charge is 0.269 e. The van der Waals surface area contributed by atoms with Gasteiger partial charge in [-0.05, 0) is 18.6 Å². The number of aliphatic hydroxyl groups excluding tert-OH is 1. The van der Waals surface area contributed by atoms with Crippen LogP contribution in [0.3, 0.4) is 0 Å². The maximum atomic E-state index is 11.7. The van der Waals surface area contributed by atoms with Gasteiger partial charge >= 0.3 is 0 Å². The first-order valence-corrected chi connectivity index (χ1v) is 5.63. The summed E-state index contributed by atoms with van der Waals surface area (Å²) in [6.45, 7) is -0.0728. The normalized spacial score (nSPS) is 12.1. The molecule has 0 radical (unpaired) electrons. The van der Waals surface area contributed by atoms with Crippen LogP contribution in [0, 0.1) is 10.1 Å². The van der Waals surface area contributed by atoms with Crippen LogP contribution in [0.25, 0.3) is 0 Å². The van der Waals surface area contributed by atoms with Gasteiger partial charge in [0, 0.05) is 29.4 Å². The van der Waals surface area contributed by atoms with Crippen molar-refractivity contribution in [2.24, 2.45) is 0 Å². The van der Waals surface area contributed by atoms with E-state index in [0.29, 0.717) is 12.0 Å². The van der Waals surface area contributed by atoms with Crippen molar-refractivity contribution in [2.75, 3.05) is 6.61 Å². The second-order valence-electron chi connectivity index (χ2n) is 3.60. The Bertz CT molecular complexity index is 404. The first kappa shape index (κ1) is 13.7. The van der Waals surface area contributed by atoms with Gasteiger partial charge in [0.25, 0.3) is 5.69 Å². The molecule has 0 saturated heterocycles. The van der Waals surface area contributed by atoms with Crippen molar-refractivity contribution in [3.8, 4) is 0 Å². The molecular formula is C11H13NO4S. The topological polar surface area (TPSA) is 80.4 Å². The van der Waals surface area contributed by atoms with Crippen molar-refractivity contribution in [1.82, 2.24) is 0 Å². The predicted octanol–water partition coefficient (Wildman–Crippen LogP) is 1.85. The summed E-state index contributed by atoms with van der Waals surface area (Å²) in [5.74, 6) is -0.104. The zero-order valence-electron chi connectivity index (χ0n) is 9.07. The number of aliphatic hydroxyl groups is 1. The Labute approximate surface area is 104 Å². The van der Waals surface area contributed by atoms with Gasteiger partial charge in [-0.1, -0.05) is 0 Å². The molecule has 0 heterocycles. The summed E-state index contributed by atoms with van der Waals surface area (Å²) in [7, 11) is 0. The Balaban J connectivity index is 2.61. The van der Waals surface area contributed by atoms with E-state index < -0.39 is 4.92 Å². The second-order valence-corrected chi connectivity index (χ2v) is 4.33. The molecule has 0 aliphatic rings. The Morgan fingerprint density at radius 3 is 2.47 bits per heavy atom. The maximum absolute atomic E-state index is 11.7. The molecule has 0 aromatic heterocycles. The molecule has 92 valence electrons. The van der Waals surface area contributed by atoms with Crippen LogP contribution in [-0.4, -0.2) is 27.7 Å². The van der Waals surface area contributed by atoms with Crippen molar-refractivity contribution in [3.05, 3.63) is 39.9 Å². The zero-order chi connectivity index (χ0) is 12.8. The lowest BCUT2D eigenvalue weighted by atomic mass is 10.1. The summed E-state index contributed by atoms with van der Waals surface area (Å²) in [4.78, 5) is 21.6. The molecule has 6 heteroatoms. The maximum Gasteiger partial charge on any atom is 0.269 e. The van der Waals surface area contributed by atoms with E-state index in [1.165, 1.54) is 24.3 Å². The average Bonchev–Trinajstić information content (AvgIpc) is 2.35. The van der Waals surface area contributed by atoms with E-state index in [0.717, 1.165) is 0 Å². The van der Waals surface area contributed by atoms with E-state index in [-0.39, 0.29) is 29.7 Å². The molecule has 5 nitrogen and oxygen atoms in total. The summed E-state index contributed by atoms with van der Waals surface area (Å²) in [5.41, 5.74) is 0.401. The molecule has 1 N–H and O–H groups in total. The highest BCUT2D eigenvalue weighted by molar-refractivity contribution is 7.81. The number of hydrogen-bond donors (Lipinski definition) is 2. The number of nitro benzene ring substituents is 1. The lowest BCUT2D eigenvalue weighted by molar-refractivity contribution is -0.384. The summed E-state index contributed by atoms with van der Waals surface area (Å²) in [6.07, 6.45) is 0.752. The highest BCUT2D eigenvalue weighted by Gasteiger charge is 2.11. The van der Waals surface area contributed by atoms with Gasteiger partial charge in [0.15, 0.2) is 5.78 Å². The molecule has 0 bridgehead atoms. The lowest BCUT2D eigenvalue weighted by Gasteiger charge is -2.05. The molecule has 1 aromatic carbocycles. The van der Waals surface area contributed by atoms with Crippen molar-refractivity contribution >= 4 is 24.1 Å². The van der Waals surface area contributed by atoms with Crippen LogP contribution < -0.4 is 0 Å². The SMILES string of the molecule is O=C(CCC(S)CO)c1ccc([N+](=O)[O-])cc1. The summed E-state index contributed by atoms with van der Waals surface area (Å²) in [5, 5.41) is 19.0. The highest BCUT2D eigenvalue weighted by Crippen LogP contribution is 2.15. The fraction of sp³-hybridized carbons (Fsp3) is 0.364. The van der Waals surface area contributed by atoms with Crippen LogP contribution in [0.1, 0.15) is 23.2 Å². The standard InChI is InChI=1S/C11H13NO4S/c13-7-10(17)5-6-11(14)8-1-3-9(4-2-8)12(15)16/h1-4,10,13,17H,5-7H2. The molecule has 0 spiro atoms. The number of thiol groups is 1. The second kappa shape index (κ2) is 6.36. The third kappa shape index (κ3) is 4.16. The number of non-ortho nitro benzene ring substituents is 1. The van der Waals surface area contributed by atoms with E-state index in [4.69, 9.17) is 5.11 Å². The first-order valence-electron chi connectivity index (χ1n) is 5.11. The van der Waals surface area contributed by atoms with Gasteiger partial charge in [-0.25, -0.2) is 0 Å². The molecule has 0 aliphatic heterocycles. The van der Waals surface area contributed by atoms with Crippen molar-refractivity contribution < 1.29 is 14.8 Å². The van der Waals surface area contributed by atoms with Crippen LogP contribution in [0.15, 0.2) is 24.3 Å². The Hall–Kier alpha value is -1.40. The highest BCUT2D eigenvalue weighted by atomic mass is 32.1. The largest absolute Gasteiger partial charge is 0.395 e. The van der Waals surface area contributed by atoms with Gasteiger partial charge in [-0.2, -0.15) is 12.6 Å². The van der Waals surface area contributed by atoms with Gasteiger partial charge in [0.05, 0.1) is 11.5 Å². The van der Waals surface area contributed by atoms with Crippen LogP contribution in [0.4, 0.5) is 5.69 Å². The number of nitro groups is 1. The third-order valence-corrected chi connectivity index (χ3v) is 2.74. The first-order chi connectivity index (χ1) is 8.04. The molecule has 1 atom stereocenters. The Morgan fingerprint density at radius 2 is 2.00 bits per heavy atom. The number of rotatable bonds is 6. The van der Waals surface area contributed by atoms with E-state index >= 15 is 0 Å². The third-order valence-electron chi connectivity index (χ3n) is 2.32. The molecule has 0 fully saturated rings. The molecule has 0 saturated carbocycles. The quantitative estimate of drug-likeness (QED) is 0.352. The fourth-order valence-electron chi connectivity index (χ4n) is 1.30. The number of carbonyl (C=O) groups excluding carboxylic acids is 1. The van der Waals surface area contributed by atoms with Crippen LogP contribution in [-0.2, 0) is 0 Å². The number of Topliss-reactive ketones (excluding diaryl/α,β-unsaturated/α-hetero) is 1.